The van der Waals surface area contributed by atoms with E-state index in [0.29, 0.717) is 23.3 Å². The topological polar surface area (TPSA) is 38.7 Å². The first-order valence-electron chi connectivity index (χ1n) is 7.68. The summed E-state index contributed by atoms with van der Waals surface area (Å²) in [6.07, 6.45) is 3.28. The van der Waals surface area contributed by atoms with Crippen LogP contribution in [0.3, 0.4) is 0 Å². The van der Waals surface area contributed by atoms with Crippen molar-refractivity contribution in [1.29, 1.82) is 0 Å². The zero-order chi connectivity index (χ0) is 15.5. The molecule has 1 aromatic rings. The predicted octanol–water partition coefficient (Wildman–Crippen LogP) is 4.37. The van der Waals surface area contributed by atoms with Crippen LogP contribution in [-0.2, 0) is 4.74 Å². The highest BCUT2D eigenvalue weighted by Gasteiger charge is 2.42. The lowest BCUT2D eigenvalue weighted by Crippen LogP contribution is -2.42. The number of halogens is 1. The number of ether oxygens (including phenoxy) is 2. The van der Waals surface area contributed by atoms with Gasteiger partial charge < -0.3 is 14.6 Å². The van der Waals surface area contributed by atoms with Gasteiger partial charge in [0.25, 0.3) is 0 Å². The van der Waals surface area contributed by atoms with Gasteiger partial charge in [-0.05, 0) is 56.2 Å². The minimum Gasteiger partial charge on any atom is -0.495 e. The third kappa shape index (κ3) is 3.53. The molecule has 1 saturated carbocycles. The van der Waals surface area contributed by atoms with E-state index in [1.165, 1.54) is 0 Å². The first kappa shape index (κ1) is 16.6. The summed E-state index contributed by atoms with van der Waals surface area (Å²) in [7, 11) is 1.58. The summed E-state index contributed by atoms with van der Waals surface area (Å²) < 4.78 is 11.3. The Labute approximate surface area is 132 Å². The Hall–Kier alpha value is -0.770. The van der Waals surface area contributed by atoms with Crippen molar-refractivity contribution in [3.63, 3.8) is 0 Å². The van der Waals surface area contributed by atoms with Crippen molar-refractivity contribution in [3.8, 4) is 5.75 Å². The van der Waals surface area contributed by atoms with Gasteiger partial charge in [0.15, 0.2) is 0 Å². The van der Waals surface area contributed by atoms with E-state index in [4.69, 9.17) is 21.1 Å². The molecule has 1 atom stereocenters. The normalized spacial score (nSPS) is 27.4. The fourth-order valence-electron chi connectivity index (χ4n) is 3.19. The smallest absolute Gasteiger partial charge is 0.137 e. The van der Waals surface area contributed by atoms with E-state index in [-0.39, 0.29) is 0 Å². The van der Waals surface area contributed by atoms with Gasteiger partial charge in [-0.3, -0.25) is 0 Å². The summed E-state index contributed by atoms with van der Waals surface area (Å²) >= 11 is 6.06. The Balaban J connectivity index is 2.28. The minimum atomic E-state index is -0.656. The van der Waals surface area contributed by atoms with E-state index < -0.39 is 11.7 Å². The van der Waals surface area contributed by atoms with Crippen LogP contribution in [0.15, 0.2) is 18.2 Å². The standard InChI is InChI=1S/C17H25ClO3/c1-4-21-17(9-7-12(2)8-10-17)16(19)13-5-6-14(18)15(11-13)20-3/h5-6,11-12,16,19H,4,7-10H2,1-3H3. The third-order valence-electron chi connectivity index (χ3n) is 4.54. The lowest BCUT2D eigenvalue weighted by atomic mass is 9.74. The van der Waals surface area contributed by atoms with Crippen LogP contribution in [0.1, 0.15) is 51.2 Å². The van der Waals surface area contributed by atoms with Gasteiger partial charge in [-0.2, -0.15) is 0 Å². The SMILES string of the molecule is CCOC1(C(O)c2ccc(Cl)c(OC)c2)CCC(C)CC1. The molecule has 0 saturated heterocycles. The van der Waals surface area contributed by atoms with Crippen molar-refractivity contribution in [2.24, 2.45) is 5.92 Å². The maximum Gasteiger partial charge on any atom is 0.137 e. The summed E-state index contributed by atoms with van der Waals surface area (Å²) in [6, 6.07) is 5.43. The zero-order valence-electron chi connectivity index (χ0n) is 13.1. The van der Waals surface area contributed by atoms with Gasteiger partial charge in [0.2, 0.25) is 0 Å². The van der Waals surface area contributed by atoms with Gasteiger partial charge in [0, 0.05) is 6.61 Å². The lowest BCUT2D eigenvalue weighted by molar-refractivity contribution is -0.146. The fraction of sp³-hybridized carbons (Fsp3) is 0.647. The summed E-state index contributed by atoms with van der Waals surface area (Å²) in [5, 5.41) is 11.5. The molecule has 118 valence electrons. The van der Waals surface area contributed by atoms with Crippen molar-refractivity contribution in [2.75, 3.05) is 13.7 Å². The Kier molecular flexibility index (Phi) is 5.53. The zero-order valence-corrected chi connectivity index (χ0v) is 13.8. The van der Waals surface area contributed by atoms with Gasteiger partial charge in [0.05, 0.1) is 17.7 Å². The lowest BCUT2D eigenvalue weighted by Gasteiger charge is -2.42. The van der Waals surface area contributed by atoms with Crippen molar-refractivity contribution in [1.82, 2.24) is 0 Å². The number of aliphatic hydroxyl groups excluding tert-OH is 1. The number of hydrogen-bond donors (Lipinski definition) is 1. The van der Waals surface area contributed by atoms with Crippen LogP contribution in [0, 0.1) is 5.92 Å². The number of hydrogen-bond acceptors (Lipinski definition) is 3. The van der Waals surface area contributed by atoms with Crippen molar-refractivity contribution < 1.29 is 14.6 Å². The van der Waals surface area contributed by atoms with Gasteiger partial charge in [-0.15, -0.1) is 0 Å². The molecule has 0 radical (unpaired) electrons. The van der Waals surface area contributed by atoms with Crippen molar-refractivity contribution >= 4 is 11.6 Å². The molecule has 0 aromatic heterocycles. The van der Waals surface area contributed by atoms with E-state index in [1.807, 2.05) is 19.1 Å². The first-order chi connectivity index (χ1) is 10.0. The predicted molar refractivity (Wildman–Crippen MR) is 85.0 cm³/mol. The van der Waals surface area contributed by atoms with E-state index in [1.54, 1.807) is 13.2 Å². The molecule has 0 aliphatic heterocycles. The quantitative estimate of drug-likeness (QED) is 0.877. The highest BCUT2D eigenvalue weighted by molar-refractivity contribution is 6.32. The van der Waals surface area contributed by atoms with Crippen LogP contribution in [0.4, 0.5) is 0 Å². The van der Waals surface area contributed by atoms with E-state index in [0.717, 1.165) is 31.2 Å². The monoisotopic (exact) mass is 312 g/mol. The highest BCUT2D eigenvalue weighted by atomic mass is 35.5. The molecule has 1 fully saturated rings. The second-order valence-electron chi connectivity index (χ2n) is 5.98. The molecule has 0 amide bonds. The molecule has 3 nitrogen and oxygen atoms in total. The molecule has 1 aliphatic carbocycles. The maximum atomic E-state index is 10.9. The molecule has 2 rings (SSSR count). The van der Waals surface area contributed by atoms with Gasteiger partial charge in [0.1, 0.15) is 11.9 Å². The molecule has 0 spiro atoms. The average molecular weight is 313 g/mol. The summed E-state index contributed by atoms with van der Waals surface area (Å²) in [6.45, 7) is 4.85. The van der Waals surface area contributed by atoms with Crippen LogP contribution in [0.2, 0.25) is 5.02 Å². The number of benzene rings is 1. The van der Waals surface area contributed by atoms with E-state index in [2.05, 4.69) is 6.92 Å². The molecular formula is C17H25ClO3. The maximum absolute atomic E-state index is 10.9. The Bertz CT molecular complexity index is 467. The van der Waals surface area contributed by atoms with Crippen LogP contribution in [0.5, 0.6) is 5.75 Å². The van der Waals surface area contributed by atoms with Gasteiger partial charge >= 0.3 is 0 Å². The number of rotatable bonds is 5. The van der Waals surface area contributed by atoms with Crippen molar-refractivity contribution in [3.05, 3.63) is 28.8 Å². The largest absolute Gasteiger partial charge is 0.495 e. The molecule has 0 bridgehead atoms. The molecule has 1 N–H and O–H groups in total. The number of aliphatic hydroxyl groups is 1. The Morgan fingerprint density at radius 1 is 1.38 bits per heavy atom. The Morgan fingerprint density at radius 3 is 2.62 bits per heavy atom. The van der Waals surface area contributed by atoms with Crippen LogP contribution in [0.25, 0.3) is 0 Å². The Morgan fingerprint density at radius 2 is 2.05 bits per heavy atom. The third-order valence-corrected chi connectivity index (χ3v) is 4.85. The molecule has 0 heterocycles. The second-order valence-corrected chi connectivity index (χ2v) is 6.38. The molecule has 21 heavy (non-hydrogen) atoms. The minimum absolute atomic E-state index is 0.486. The highest BCUT2D eigenvalue weighted by Crippen LogP contribution is 2.44. The number of methoxy groups -OCH3 is 1. The molecular weight excluding hydrogens is 288 g/mol. The summed E-state index contributed by atoms with van der Waals surface area (Å²) in [5.41, 5.74) is 0.319. The van der Waals surface area contributed by atoms with Crippen LogP contribution >= 0.6 is 11.6 Å². The second kappa shape index (κ2) is 6.99. The molecule has 1 aliphatic rings. The van der Waals surface area contributed by atoms with E-state index in [9.17, 15) is 5.11 Å². The molecule has 1 unspecified atom stereocenters. The summed E-state index contributed by atoms with van der Waals surface area (Å²) in [4.78, 5) is 0. The van der Waals surface area contributed by atoms with Gasteiger partial charge in [-0.1, -0.05) is 24.6 Å². The summed E-state index contributed by atoms with van der Waals surface area (Å²) in [5.74, 6) is 1.29. The fourth-order valence-corrected chi connectivity index (χ4v) is 3.38. The molecule has 1 aromatic carbocycles. The van der Waals surface area contributed by atoms with Crippen molar-refractivity contribution in [2.45, 2.75) is 51.2 Å². The average Bonchev–Trinajstić information content (AvgIpc) is 2.50. The van der Waals surface area contributed by atoms with Crippen LogP contribution < -0.4 is 4.74 Å². The molecule has 4 heteroatoms. The van der Waals surface area contributed by atoms with Crippen LogP contribution in [-0.4, -0.2) is 24.4 Å². The van der Waals surface area contributed by atoms with E-state index >= 15 is 0 Å². The first-order valence-corrected chi connectivity index (χ1v) is 8.05. The van der Waals surface area contributed by atoms with Gasteiger partial charge in [-0.25, -0.2) is 0 Å².